The minimum absolute atomic E-state index is 0.314. The molecule has 0 radical (unpaired) electrons. The van der Waals surface area contributed by atoms with Crippen molar-refractivity contribution in [2.24, 2.45) is 0 Å². The Bertz CT molecular complexity index is 355. The van der Waals surface area contributed by atoms with Gasteiger partial charge in [0.1, 0.15) is 11.9 Å². The van der Waals surface area contributed by atoms with Gasteiger partial charge >= 0.3 is 0 Å². The first-order valence-corrected chi connectivity index (χ1v) is 6.76. The lowest BCUT2D eigenvalue weighted by Crippen LogP contribution is -2.24. The molecule has 0 saturated heterocycles. The number of nitrogens with one attached hydrogen (secondary N) is 1. The summed E-state index contributed by atoms with van der Waals surface area (Å²) in [4.78, 5) is 0. The third kappa shape index (κ3) is 6.57. The Hall–Kier alpha value is -1.10. The van der Waals surface area contributed by atoms with Crippen molar-refractivity contribution < 1.29 is 14.6 Å². The average Bonchev–Trinajstić information content (AvgIpc) is 2.42. The van der Waals surface area contributed by atoms with Gasteiger partial charge in [0.2, 0.25) is 0 Å². The number of ether oxygens (including phenoxy) is 2. The summed E-state index contributed by atoms with van der Waals surface area (Å²) < 4.78 is 10.6. The van der Waals surface area contributed by atoms with Crippen LogP contribution in [-0.4, -0.2) is 38.0 Å². The van der Waals surface area contributed by atoms with E-state index in [-0.39, 0.29) is 0 Å². The molecule has 0 saturated carbocycles. The molecule has 0 amide bonds. The molecule has 0 aliphatic heterocycles. The van der Waals surface area contributed by atoms with Crippen molar-refractivity contribution in [3.05, 3.63) is 29.8 Å². The zero-order valence-corrected chi connectivity index (χ0v) is 12.1. The lowest BCUT2D eigenvalue weighted by Gasteiger charge is -2.13. The molecule has 1 aromatic carbocycles. The van der Waals surface area contributed by atoms with Crippen LogP contribution in [0.1, 0.15) is 31.9 Å². The van der Waals surface area contributed by atoms with Crippen LogP contribution < -0.4 is 10.1 Å². The Labute approximate surface area is 115 Å². The zero-order chi connectivity index (χ0) is 14.1. The molecule has 1 aromatic rings. The van der Waals surface area contributed by atoms with Gasteiger partial charge in [0.15, 0.2) is 0 Å². The van der Waals surface area contributed by atoms with Crippen LogP contribution in [0.5, 0.6) is 5.75 Å². The summed E-state index contributed by atoms with van der Waals surface area (Å²) in [6.07, 6.45) is 0.344. The highest BCUT2D eigenvalue weighted by atomic mass is 16.5. The first-order valence-electron chi connectivity index (χ1n) is 6.76. The fraction of sp³-hybridized carbons (Fsp3) is 0.600. The maximum atomic E-state index is 9.99. The average molecular weight is 267 g/mol. The van der Waals surface area contributed by atoms with E-state index in [1.54, 1.807) is 7.11 Å². The lowest BCUT2D eigenvalue weighted by molar-refractivity contribution is 0.0350. The normalized spacial score (nSPS) is 12.7. The Morgan fingerprint density at radius 3 is 2.79 bits per heavy atom. The summed E-state index contributed by atoms with van der Waals surface area (Å²) in [5, 5.41) is 13.3. The molecule has 0 aliphatic carbocycles. The van der Waals surface area contributed by atoms with E-state index in [2.05, 4.69) is 19.2 Å². The number of rotatable bonds is 9. The summed E-state index contributed by atoms with van der Waals surface area (Å²) in [6, 6.07) is 7.92. The second-order valence-corrected chi connectivity index (χ2v) is 4.83. The molecule has 4 heteroatoms. The van der Waals surface area contributed by atoms with Crippen molar-refractivity contribution in [2.45, 2.75) is 32.4 Å². The molecule has 4 nitrogen and oxygen atoms in total. The van der Waals surface area contributed by atoms with E-state index in [0.717, 1.165) is 24.3 Å². The standard InChI is InChI=1S/C15H25NO3/c1-12(2)16-8-5-9-19-11-15(17)13-6-4-7-14(10-13)18-3/h4,6-7,10,12,15-17H,5,8-9,11H2,1-3H3. The fourth-order valence-electron chi connectivity index (χ4n) is 1.70. The Balaban J connectivity index is 2.21. The van der Waals surface area contributed by atoms with Crippen molar-refractivity contribution in [1.29, 1.82) is 0 Å². The number of benzene rings is 1. The van der Waals surface area contributed by atoms with Gasteiger partial charge in [0.25, 0.3) is 0 Å². The second kappa shape index (κ2) is 8.91. The SMILES string of the molecule is COc1cccc(C(O)COCCCNC(C)C)c1. The van der Waals surface area contributed by atoms with Gasteiger partial charge in [0, 0.05) is 12.6 Å². The highest BCUT2D eigenvalue weighted by Gasteiger charge is 2.08. The van der Waals surface area contributed by atoms with Crippen LogP contribution in [0.4, 0.5) is 0 Å². The number of hydrogen-bond acceptors (Lipinski definition) is 4. The Morgan fingerprint density at radius 2 is 2.11 bits per heavy atom. The molecule has 0 heterocycles. The first-order chi connectivity index (χ1) is 9.13. The van der Waals surface area contributed by atoms with Crippen LogP contribution in [0.25, 0.3) is 0 Å². The van der Waals surface area contributed by atoms with E-state index in [1.165, 1.54) is 0 Å². The van der Waals surface area contributed by atoms with Gasteiger partial charge in [-0.05, 0) is 30.7 Å². The minimum Gasteiger partial charge on any atom is -0.497 e. The van der Waals surface area contributed by atoms with Gasteiger partial charge in [0.05, 0.1) is 13.7 Å². The molecule has 0 spiro atoms. The molecule has 0 aliphatic rings. The lowest BCUT2D eigenvalue weighted by atomic mass is 10.1. The number of aliphatic hydroxyl groups is 1. The van der Waals surface area contributed by atoms with E-state index in [9.17, 15) is 5.11 Å². The largest absolute Gasteiger partial charge is 0.497 e. The van der Waals surface area contributed by atoms with Gasteiger partial charge in [-0.15, -0.1) is 0 Å². The smallest absolute Gasteiger partial charge is 0.119 e. The number of aliphatic hydroxyl groups excluding tert-OH is 1. The number of methoxy groups -OCH3 is 1. The van der Waals surface area contributed by atoms with Crippen molar-refractivity contribution in [3.8, 4) is 5.75 Å². The molecule has 0 aromatic heterocycles. The highest BCUT2D eigenvalue weighted by Crippen LogP contribution is 2.19. The van der Waals surface area contributed by atoms with E-state index >= 15 is 0 Å². The molecule has 1 atom stereocenters. The van der Waals surface area contributed by atoms with Crippen LogP contribution in [-0.2, 0) is 4.74 Å². The van der Waals surface area contributed by atoms with Crippen LogP contribution >= 0.6 is 0 Å². The Morgan fingerprint density at radius 1 is 1.32 bits per heavy atom. The van der Waals surface area contributed by atoms with Gasteiger partial charge in [-0.3, -0.25) is 0 Å². The first kappa shape index (κ1) is 16.0. The maximum absolute atomic E-state index is 9.99. The molecule has 0 fully saturated rings. The molecular weight excluding hydrogens is 242 g/mol. The predicted octanol–water partition coefficient (Wildman–Crippen LogP) is 2.13. The van der Waals surface area contributed by atoms with Crippen LogP contribution in [0, 0.1) is 0 Å². The fourth-order valence-corrected chi connectivity index (χ4v) is 1.70. The van der Waals surface area contributed by atoms with E-state index in [1.807, 2.05) is 24.3 Å². The summed E-state index contributed by atoms with van der Waals surface area (Å²) in [7, 11) is 1.61. The summed E-state index contributed by atoms with van der Waals surface area (Å²) in [5.74, 6) is 0.748. The monoisotopic (exact) mass is 267 g/mol. The molecule has 19 heavy (non-hydrogen) atoms. The van der Waals surface area contributed by atoms with Gasteiger partial charge in [-0.2, -0.15) is 0 Å². The summed E-state index contributed by atoms with van der Waals surface area (Å²) in [5.41, 5.74) is 0.819. The van der Waals surface area contributed by atoms with Crippen molar-refractivity contribution in [1.82, 2.24) is 5.32 Å². The topological polar surface area (TPSA) is 50.7 Å². The maximum Gasteiger partial charge on any atom is 0.119 e. The quantitative estimate of drug-likeness (QED) is 0.673. The molecule has 2 N–H and O–H groups in total. The highest BCUT2D eigenvalue weighted by molar-refractivity contribution is 5.29. The summed E-state index contributed by atoms with van der Waals surface area (Å²) >= 11 is 0. The third-order valence-corrected chi connectivity index (χ3v) is 2.77. The van der Waals surface area contributed by atoms with Gasteiger partial charge in [-0.1, -0.05) is 26.0 Å². The van der Waals surface area contributed by atoms with Crippen molar-refractivity contribution in [3.63, 3.8) is 0 Å². The van der Waals surface area contributed by atoms with E-state index in [4.69, 9.17) is 9.47 Å². The van der Waals surface area contributed by atoms with Crippen LogP contribution in [0.2, 0.25) is 0 Å². The third-order valence-electron chi connectivity index (χ3n) is 2.77. The second-order valence-electron chi connectivity index (χ2n) is 4.83. The predicted molar refractivity (Wildman–Crippen MR) is 76.5 cm³/mol. The molecule has 1 rings (SSSR count). The zero-order valence-electron chi connectivity index (χ0n) is 12.1. The van der Waals surface area contributed by atoms with Crippen LogP contribution in [0.15, 0.2) is 24.3 Å². The molecule has 108 valence electrons. The van der Waals surface area contributed by atoms with Crippen molar-refractivity contribution in [2.75, 3.05) is 26.9 Å². The van der Waals surface area contributed by atoms with Gasteiger partial charge < -0.3 is 19.9 Å². The van der Waals surface area contributed by atoms with E-state index < -0.39 is 6.10 Å². The minimum atomic E-state index is -0.604. The van der Waals surface area contributed by atoms with E-state index in [0.29, 0.717) is 19.3 Å². The Kier molecular flexibility index (Phi) is 7.48. The summed E-state index contributed by atoms with van der Waals surface area (Å²) in [6.45, 7) is 6.14. The number of hydrogen-bond donors (Lipinski definition) is 2. The molecular formula is C15H25NO3. The molecule has 1 unspecified atom stereocenters. The van der Waals surface area contributed by atoms with Crippen molar-refractivity contribution >= 4 is 0 Å². The van der Waals surface area contributed by atoms with Gasteiger partial charge in [-0.25, -0.2) is 0 Å². The van der Waals surface area contributed by atoms with Crippen LogP contribution in [0.3, 0.4) is 0 Å². The molecule has 0 bridgehead atoms.